The summed E-state index contributed by atoms with van der Waals surface area (Å²) in [6, 6.07) is 0. The number of hydrogen-bond acceptors (Lipinski definition) is 2. The van der Waals surface area contributed by atoms with Crippen LogP contribution in [0.2, 0.25) is 0 Å². The monoisotopic (exact) mass is 404 g/mol. The Morgan fingerprint density at radius 3 is 1.76 bits per heavy atom. The Bertz CT molecular complexity index is 486. The van der Waals surface area contributed by atoms with E-state index in [0.717, 1.165) is 25.7 Å². The van der Waals surface area contributed by atoms with Crippen molar-refractivity contribution in [1.82, 2.24) is 0 Å². The first-order valence-corrected chi connectivity index (χ1v) is 9.55. The van der Waals surface area contributed by atoms with Gasteiger partial charge in [0.15, 0.2) is 0 Å². The van der Waals surface area contributed by atoms with Gasteiger partial charge in [-0.2, -0.15) is 0 Å². The van der Waals surface area contributed by atoms with Crippen LogP contribution in [0.25, 0.3) is 0 Å². The molecule has 21 heavy (non-hydrogen) atoms. The van der Waals surface area contributed by atoms with Gasteiger partial charge >= 0.3 is 126 Å². The molecule has 2 aliphatic carbocycles. The van der Waals surface area contributed by atoms with E-state index in [1.54, 1.807) is 6.56 Å². The van der Waals surface area contributed by atoms with E-state index in [0.29, 0.717) is 5.92 Å². The number of halogens is 2. The molecule has 0 saturated carbocycles. The molecule has 0 saturated heterocycles. The molecule has 1 aliphatic heterocycles. The normalized spacial score (nSPS) is 19.8. The van der Waals surface area contributed by atoms with E-state index in [1.807, 2.05) is 0 Å². The standard InChI is InChI=1S/C16H20O2.2ClH.Zr/c1-12(15-6-2-4-13(15)8-10-17)16-7-3-5-14(16)9-11-18;;;/h6-7,12,17-18H,2-3,8-11H2,1H3;2*1H;/q;;;+2/p-2. The molecule has 2 nitrogen and oxygen atoms in total. The van der Waals surface area contributed by atoms with Gasteiger partial charge < -0.3 is 24.8 Å². The van der Waals surface area contributed by atoms with Crippen molar-refractivity contribution in [2.45, 2.75) is 32.6 Å². The first kappa shape index (κ1) is 19.4. The van der Waals surface area contributed by atoms with Crippen LogP contribution in [0.4, 0.5) is 0 Å². The predicted octanol–water partition coefficient (Wildman–Crippen LogP) is -3.34. The molecule has 3 aliphatic rings. The van der Waals surface area contributed by atoms with E-state index in [2.05, 4.69) is 19.1 Å². The summed E-state index contributed by atoms with van der Waals surface area (Å²) in [7, 11) is 0. The van der Waals surface area contributed by atoms with E-state index in [-0.39, 0.29) is 38.0 Å². The second kappa shape index (κ2) is 8.27. The molecule has 0 aromatic rings. The number of allylic oxidation sites excluding steroid dienone is 6. The van der Waals surface area contributed by atoms with Crippen molar-refractivity contribution >= 4 is 0 Å². The first-order chi connectivity index (χ1) is 9.26. The molecule has 0 radical (unpaired) electrons. The van der Waals surface area contributed by atoms with E-state index in [4.69, 9.17) is 0 Å². The molecule has 5 heteroatoms. The van der Waals surface area contributed by atoms with Gasteiger partial charge in [-0.1, -0.05) is 0 Å². The molecule has 0 amide bonds. The van der Waals surface area contributed by atoms with Crippen molar-refractivity contribution < 1.29 is 58.3 Å². The zero-order valence-corrected chi connectivity index (χ0v) is 16.1. The Labute approximate surface area is 150 Å². The van der Waals surface area contributed by atoms with Crippen molar-refractivity contribution in [2.24, 2.45) is 5.92 Å². The molecule has 4 bridgehead atoms. The van der Waals surface area contributed by atoms with Crippen molar-refractivity contribution in [1.29, 1.82) is 0 Å². The van der Waals surface area contributed by atoms with E-state index in [1.165, 1.54) is 22.3 Å². The summed E-state index contributed by atoms with van der Waals surface area (Å²) in [4.78, 5) is 0. The zero-order valence-electron chi connectivity index (χ0n) is 12.1. The van der Waals surface area contributed by atoms with E-state index in [9.17, 15) is 10.2 Å². The molecule has 1 heterocycles. The fraction of sp³-hybridized carbons (Fsp3) is 0.500. The van der Waals surface area contributed by atoms with Gasteiger partial charge in [0.25, 0.3) is 0 Å². The Hall–Kier alpha value is 0.343. The topological polar surface area (TPSA) is 40.5 Å². The van der Waals surface area contributed by atoms with Gasteiger partial charge in [-0.25, -0.2) is 0 Å². The molecule has 0 unspecified atom stereocenters. The third-order valence-electron chi connectivity index (χ3n) is 4.44. The second-order valence-electron chi connectivity index (χ2n) is 5.44. The van der Waals surface area contributed by atoms with Gasteiger partial charge in [-0.3, -0.25) is 0 Å². The molecule has 2 N–H and O–H groups in total. The van der Waals surface area contributed by atoms with Gasteiger partial charge in [0.05, 0.1) is 0 Å². The summed E-state index contributed by atoms with van der Waals surface area (Å²) >= 11 is -0.676. The van der Waals surface area contributed by atoms with Crippen LogP contribution >= 0.6 is 0 Å². The molecule has 0 spiro atoms. The number of aliphatic hydroxyl groups excluding tert-OH is 2. The minimum absolute atomic E-state index is 0. The minimum atomic E-state index is -0.676. The third kappa shape index (κ3) is 3.48. The maximum Gasteiger partial charge on any atom is -1.00 e. The Morgan fingerprint density at radius 1 is 0.952 bits per heavy atom. The van der Waals surface area contributed by atoms with Crippen LogP contribution in [0, 0.1) is 5.92 Å². The van der Waals surface area contributed by atoms with Crippen LogP contribution in [0.3, 0.4) is 0 Å². The smallest absolute Gasteiger partial charge is 1.00 e. The van der Waals surface area contributed by atoms with Crippen molar-refractivity contribution in [3.8, 4) is 0 Å². The van der Waals surface area contributed by atoms with Crippen LogP contribution in [0.1, 0.15) is 32.6 Å². The largest absolute Gasteiger partial charge is 1.00 e. The summed E-state index contributed by atoms with van der Waals surface area (Å²) < 4.78 is 3.33. The first-order valence-electron chi connectivity index (χ1n) is 7.10. The van der Waals surface area contributed by atoms with Crippen molar-refractivity contribution in [3.05, 3.63) is 41.0 Å². The molecular formula is C16H20Cl2O2Zr. The molecule has 114 valence electrons. The summed E-state index contributed by atoms with van der Waals surface area (Å²) in [6.45, 7) is 2.82. The van der Waals surface area contributed by atoms with Gasteiger partial charge in [0.1, 0.15) is 0 Å². The van der Waals surface area contributed by atoms with Crippen LogP contribution in [-0.2, 0) is 23.2 Å². The van der Waals surface area contributed by atoms with Crippen LogP contribution < -0.4 is 24.8 Å². The summed E-state index contributed by atoms with van der Waals surface area (Å²) in [5.41, 5.74) is 5.89. The maximum atomic E-state index is 9.31. The fourth-order valence-electron chi connectivity index (χ4n) is 3.56. The Balaban J connectivity index is 0.00000110. The summed E-state index contributed by atoms with van der Waals surface area (Å²) in [5, 5.41) is 18.6. The molecule has 0 atom stereocenters. The molecule has 0 fully saturated rings. The number of aliphatic hydroxyl groups is 2. The minimum Gasteiger partial charge on any atom is -1.00 e. The summed E-state index contributed by atoms with van der Waals surface area (Å²) in [5.74, 6) is 0.442. The molecule has 0 aromatic carbocycles. The average Bonchev–Trinajstić information content (AvgIpc) is 2.98. The SMILES string of the molecule is CC1C2=CC[C](=C2CCO)[Zr+2][C]2=C(CCO)C1=CC2.[Cl-].[Cl-]. The molecule has 0 aromatic heterocycles. The van der Waals surface area contributed by atoms with Crippen LogP contribution in [0.5, 0.6) is 0 Å². The zero-order chi connectivity index (χ0) is 13.4. The number of hydrogen-bond donors (Lipinski definition) is 2. The van der Waals surface area contributed by atoms with Crippen molar-refractivity contribution in [2.75, 3.05) is 13.2 Å². The predicted molar refractivity (Wildman–Crippen MR) is 72.0 cm³/mol. The van der Waals surface area contributed by atoms with E-state index >= 15 is 0 Å². The maximum absolute atomic E-state index is 9.31. The Morgan fingerprint density at radius 2 is 1.38 bits per heavy atom. The Kier molecular flexibility index (Phi) is 7.63. The van der Waals surface area contributed by atoms with Crippen LogP contribution in [-0.4, -0.2) is 23.4 Å². The average molecular weight is 406 g/mol. The fourth-order valence-corrected chi connectivity index (χ4v) is 7.52. The number of rotatable bonds is 4. The van der Waals surface area contributed by atoms with Gasteiger partial charge in [-0.15, -0.1) is 0 Å². The quantitative estimate of drug-likeness (QED) is 0.513. The van der Waals surface area contributed by atoms with Crippen molar-refractivity contribution in [3.63, 3.8) is 0 Å². The number of fused-ring (bicyclic) bond motifs is 2. The third-order valence-corrected chi connectivity index (χ3v) is 8.41. The molecule has 3 rings (SSSR count). The second-order valence-corrected chi connectivity index (χ2v) is 9.02. The van der Waals surface area contributed by atoms with Crippen LogP contribution in [0.15, 0.2) is 41.0 Å². The van der Waals surface area contributed by atoms with Gasteiger partial charge in [0.2, 0.25) is 0 Å². The van der Waals surface area contributed by atoms with E-state index < -0.39 is 23.2 Å². The summed E-state index contributed by atoms with van der Waals surface area (Å²) in [6.07, 6.45) is 8.72. The molecular weight excluding hydrogens is 386 g/mol. The van der Waals surface area contributed by atoms with Gasteiger partial charge in [-0.05, 0) is 0 Å². The van der Waals surface area contributed by atoms with Gasteiger partial charge in [0, 0.05) is 0 Å².